The van der Waals surface area contributed by atoms with Crippen LogP contribution < -0.4 is 5.56 Å². The van der Waals surface area contributed by atoms with E-state index in [1.54, 1.807) is 10.9 Å². The fourth-order valence-electron chi connectivity index (χ4n) is 2.13. The highest BCUT2D eigenvalue weighted by molar-refractivity contribution is 5.56. The fraction of sp³-hybridized carbons (Fsp3) is 0.500. The average Bonchev–Trinajstić information content (AvgIpc) is 2.86. The van der Waals surface area contributed by atoms with Crippen molar-refractivity contribution in [1.82, 2.24) is 24.6 Å². The number of rotatable bonds is 6. The van der Waals surface area contributed by atoms with E-state index in [4.69, 9.17) is 0 Å². The molecule has 0 amide bonds. The number of H-pyrrole nitrogens is 1. The molecule has 6 nitrogen and oxygen atoms in total. The second-order valence-corrected chi connectivity index (χ2v) is 4.76. The van der Waals surface area contributed by atoms with E-state index in [2.05, 4.69) is 33.8 Å². The van der Waals surface area contributed by atoms with Gasteiger partial charge < -0.3 is 9.88 Å². The number of hydrogen-bond donors (Lipinski definition) is 1. The smallest absolute Gasteiger partial charge is 0.251 e. The highest BCUT2D eigenvalue weighted by atomic mass is 16.1. The Balaban J connectivity index is 2.19. The van der Waals surface area contributed by atoms with Crippen LogP contribution in [0.15, 0.2) is 23.3 Å². The van der Waals surface area contributed by atoms with Gasteiger partial charge in [-0.15, -0.1) is 0 Å². The third-order valence-corrected chi connectivity index (χ3v) is 3.35. The number of aromatic amines is 1. The first-order chi connectivity index (χ1) is 9.62. The van der Waals surface area contributed by atoms with E-state index < -0.39 is 0 Å². The lowest BCUT2D eigenvalue weighted by Crippen LogP contribution is -2.26. The van der Waals surface area contributed by atoms with Gasteiger partial charge in [0.25, 0.3) is 5.56 Å². The molecule has 2 heterocycles. The SMILES string of the molecule is CCN(CC)CCc1nc(-c2cnn(C)c2)cc(=O)[nH]1. The van der Waals surface area contributed by atoms with Gasteiger partial charge in [0.2, 0.25) is 0 Å². The zero-order chi connectivity index (χ0) is 14.5. The molecule has 20 heavy (non-hydrogen) atoms. The molecule has 0 bridgehead atoms. The van der Waals surface area contributed by atoms with Crippen molar-refractivity contribution in [3.05, 3.63) is 34.6 Å². The Labute approximate surface area is 118 Å². The molecular formula is C14H21N5O. The minimum atomic E-state index is -0.117. The number of likely N-dealkylation sites (N-methyl/N-ethyl adjacent to an activating group) is 1. The Morgan fingerprint density at radius 2 is 2.10 bits per heavy atom. The lowest BCUT2D eigenvalue weighted by molar-refractivity contribution is 0.305. The largest absolute Gasteiger partial charge is 0.310 e. The number of aryl methyl sites for hydroxylation is 1. The Morgan fingerprint density at radius 3 is 2.70 bits per heavy atom. The molecule has 0 saturated carbocycles. The van der Waals surface area contributed by atoms with Gasteiger partial charge in [-0.25, -0.2) is 4.98 Å². The summed E-state index contributed by atoms with van der Waals surface area (Å²) in [6.07, 6.45) is 4.32. The molecule has 1 N–H and O–H groups in total. The van der Waals surface area contributed by atoms with E-state index in [1.165, 1.54) is 6.07 Å². The van der Waals surface area contributed by atoms with E-state index in [0.29, 0.717) is 5.69 Å². The maximum absolute atomic E-state index is 11.7. The van der Waals surface area contributed by atoms with Crippen molar-refractivity contribution < 1.29 is 0 Å². The summed E-state index contributed by atoms with van der Waals surface area (Å²) < 4.78 is 1.70. The molecule has 2 rings (SSSR count). The third kappa shape index (κ3) is 3.54. The molecule has 108 valence electrons. The normalized spacial score (nSPS) is 11.2. The van der Waals surface area contributed by atoms with Gasteiger partial charge in [0.15, 0.2) is 0 Å². The van der Waals surface area contributed by atoms with Crippen molar-refractivity contribution in [3.63, 3.8) is 0 Å². The summed E-state index contributed by atoms with van der Waals surface area (Å²) in [4.78, 5) is 21.4. The van der Waals surface area contributed by atoms with Crippen LogP contribution in [-0.2, 0) is 13.5 Å². The van der Waals surface area contributed by atoms with Gasteiger partial charge in [0.1, 0.15) is 5.82 Å². The molecule has 0 saturated heterocycles. The van der Waals surface area contributed by atoms with Crippen LogP contribution in [0.25, 0.3) is 11.3 Å². The Bertz CT molecular complexity index is 612. The first-order valence-electron chi connectivity index (χ1n) is 6.94. The zero-order valence-corrected chi connectivity index (χ0v) is 12.3. The van der Waals surface area contributed by atoms with Gasteiger partial charge in [0, 0.05) is 37.8 Å². The molecule has 6 heteroatoms. The lowest BCUT2D eigenvalue weighted by Gasteiger charge is -2.17. The van der Waals surface area contributed by atoms with E-state index in [-0.39, 0.29) is 5.56 Å². The zero-order valence-electron chi connectivity index (χ0n) is 12.3. The quantitative estimate of drug-likeness (QED) is 0.856. The average molecular weight is 275 g/mol. The van der Waals surface area contributed by atoms with Crippen molar-refractivity contribution in [2.24, 2.45) is 7.05 Å². The monoisotopic (exact) mass is 275 g/mol. The summed E-state index contributed by atoms with van der Waals surface area (Å²) in [6, 6.07) is 1.51. The minimum Gasteiger partial charge on any atom is -0.310 e. The van der Waals surface area contributed by atoms with Crippen LogP contribution in [0, 0.1) is 0 Å². The summed E-state index contributed by atoms with van der Waals surface area (Å²) in [5.41, 5.74) is 1.42. The van der Waals surface area contributed by atoms with Gasteiger partial charge in [0.05, 0.1) is 11.9 Å². The summed E-state index contributed by atoms with van der Waals surface area (Å²) in [6.45, 7) is 7.16. The molecule has 0 unspecified atom stereocenters. The van der Waals surface area contributed by atoms with Gasteiger partial charge in [-0.3, -0.25) is 9.48 Å². The molecule has 0 aliphatic carbocycles. The van der Waals surface area contributed by atoms with Crippen LogP contribution in [0.3, 0.4) is 0 Å². The second-order valence-electron chi connectivity index (χ2n) is 4.76. The standard InChI is InChI=1S/C14H21N5O/c1-4-19(5-2)7-6-13-16-12(8-14(20)17-13)11-9-15-18(3)10-11/h8-10H,4-7H2,1-3H3,(H,16,17,20). The highest BCUT2D eigenvalue weighted by Gasteiger charge is 2.07. The second kappa shape index (κ2) is 6.47. The molecule has 0 aliphatic heterocycles. The van der Waals surface area contributed by atoms with Crippen LogP contribution in [0.5, 0.6) is 0 Å². The molecule has 0 fully saturated rings. The number of nitrogens with one attached hydrogen (secondary N) is 1. The number of aromatic nitrogens is 4. The molecule has 0 atom stereocenters. The van der Waals surface area contributed by atoms with E-state index in [1.807, 2.05) is 13.2 Å². The third-order valence-electron chi connectivity index (χ3n) is 3.35. The molecule has 0 spiro atoms. The molecule has 2 aromatic rings. The Morgan fingerprint density at radius 1 is 1.35 bits per heavy atom. The molecule has 0 radical (unpaired) electrons. The Kier molecular flexibility index (Phi) is 4.68. The summed E-state index contributed by atoms with van der Waals surface area (Å²) in [7, 11) is 1.85. The van der Waals surface area contributed by atoms with Crippen molar-refractivity contribution in [3.8, 4) is 11.3 Å². The van der Waals surface area contributed by atoms with Gasteiger partial charge in [-0.05, 0) is 13.1 Å². The summed E-state index contributed by atoms with van der Waals surface area (Å²) in [5.74, 6) is 0.725. The first-order valence-corrected chi connectivity index (χ1v) is 6.94. The van der Waals surface area contributed by atoms with Crippen LogP contribution in [0.2, 0.25) is 0 Å². The van der Waals surface area contributed by atoms with Crippen molar-refractivity contribution in [2.75, 3.05) is 19.6 Å². The lowest BCUT2D eigenvalue weighted by atomic mass is 10.2. The maximum Gasteiger partial charge on any atom is 0.251 e. The first kappa shape index (κ1) is 14.5. The Hall–Kier alpha value is -1.95. The van der Waals surface area contributed by atoms with E-state index >= 15 is 0 Å². The molecular weight excluding hydrogens is 254 g/mol. The number of nitrogens with zero attached hydrogens (tertiary/aromatic N) is 4. The van der Waals surface area contributed by atoms with Gasteiger partial charge in [-0.2, -0.15) is 5.10 Å². The van der Waals surface area contributed by atoms with Crippen molar-refractivity contribution in [1.29, 1.82) is 0 Å². The maximum atomic E-state index is 11.7. The van der Waals surface area contributed by atoms with Crippen LogP contribution in [0.4, 0.5) is 0 Å². The highest BCUT2D eigenvalue weighted by Crippen LogP contribution is 2.13. The van der Waals surface area contributed by atoms with Gasteiger partial charge >= 0.3 is 0 Å². The van der Waals surface area contributed by atoms with E-state index in [0.717, 1.165) is 37.4 Å². The molecule has 2 aromatic heterocycles. The fourth-order valence-corrected chi connectivity index (χ4v) is 2.13. The van der Waals surface area contributed by atoms with Gasteiger partial charge in [-0.1, -0.05) is 13.8 Å². The van der Waals surface area contributed by atoms with Crippen LogP contribution in [-0.4, -0.2) is 44.3 Å². The van der Waals surface area contributed by atoms with Crippen LogP contribution >= 0.6 is 0 Å². The number of hydrogen-bond acceptors (Lipinski definition) is 4. The molecule has 0 aliphatic rings. The predicted molar refractivity (Wildman–Crippen MR) is 78.6 cm³/mol. The van der Waals surface area contributed by atoms with Crippen LogP contribution in [0.1, 0.15) is 19.7 Å². The predicted octanol–water partition coefficient (Wildman–Crippen LogP) is 1.05. The van der Waals surface area contributed by atoms with Crippen molar-refractivity contribution >= 4 is 0 Å². The minimum absolute atomic E-state index is 0.117. The molecule has 0 aromatic carbocycles. The summed E-state index contributed by atoms with van der Waals surface area (Å²) >= 11 is 0. The van der Waals surface area contributed by atoms with Crippen molar-refractivity contribution in [2.45, 2.75) is 20.3 Å². The van der Waals surface area contributed by atoms with E-state index in [9.17, 15) is 4.79 Å². The summed E-state index contributed by atoms with van der Waals surface area (Å²) in [5, 5.41) is 4.11. The topological polar surface area (TPSA) is 66.8 Å².